The molecule has 1 atom stereocenters. The van der Waals surface area contributed by atoms with Crippen LogP contribution >= 0.6 is 34.5 Å². The molecule has 0 saturated carbocycles. The standard InChI is InChI=1S/C11H15Cl2NO2S/c1-3-16-10(15)4-5-14-7(2)8-6-9(12)17-11(8)13/h6-7,14H,3-5H2,1-2H3. The second-order valence-corrected chi connectivity index (χ2v) is 5.80. The van der Waals surface area contributed by atoms with E-state index in [1.165, 1.54) is 11.3 Å². The number of halogens is 2. The van der Waals surface area contributed by atoms with Gasteiger partial charge in [-0.1, -0.05) is 23.2 Å². The molecule has 1 heterocycles. The fraction of sp³-hybridized carbons (Fsp3) is 0.545. The van der Waals surface area contributed by atoms with Crippen molar-refractivity contribution in [2.75, 3.05) is 13.2 Å². The van der Waals surface area contributed by atoms with Crippen LogP contribution in [0.15, 0.2) is 6.07 Å². The van der Waals surface area contributed by atoms with Gasteiger partial charge in [-0.15, -0.1) is 11.3 Å². The molecule has 3 nitrogen and oxygen atoms in total. The molecule has 17 heavy (non-hydrogen) atoms. The van der Waals surface area contributed by atoms with Gasteiger partial charge >= 0.3 is 5.97 Å². The van der Waals surface area contributed by atoms with E-state index in [-0.39, 0.29) is 12.0 Å². The normalized spacial score (nSPS) is 12.5. The minimum atomic E-state index is -0.193. The van der Waals surface area contributed by atoms with Crippen molar-refractivity contribution in [1.82, 2.24) is 5.32 Å². The number of ether oxygens (including phenoxy) is 1. The average Bonchev–Trinajstić information content (AvgIpc) is 2.58. The number of hydrogen-bond donors (Lipinski definition) is 1. The number of rotatable bonds is 6. The van der Waals surface area contributed by atoms with Gasteiger partial charge in [0.05, 0.1) is 21.7 Å². The SMILES string of the molecule is CCOC(=O)CCNC(C)c1cc(Cl)sc1Cl. The highest BCUT2D eigenvalue weighted by Gasteiger charge is 2.13. The largest absolute Gasteiger partial charge is 0.466 e. The van der Waals surface area contributed by atoms with Gasteiger partial charge in [0, 0.05) is 12.6 Å². The number of esters is 1. The summed E-state index contributed by atoms with van der Waals surface area (Å²) >= 11 is 13.2. The van der Waals surface area contributed by atoms with Crippen molar-refractivity contribution in [1.29, 1.82) is 0 Å². The maximum absolute atomic E-state index is 11.1. The molecule has 96 valence electrons. The van der Waals surface area contributed by atoms with E-state index in [0.29, 0.717) is 28.2 Å². The van der Waals surface area contributed by atoms with Crippen molar-refractivity contribution in [3.8, 4) is 0 Å². The first-order valence-corrected chi connectivity index (χ1v) is 6.95. The number of carbonyl (C=O) groups excluding carboxylic acids is 1. The van der Waals surface area contributed by atoms with Gasteiger partial charge in [-0.05, 0) is 25.5 Å². The van der Waals surface area contributed by atoms with E-state index in [4.69, 9.17) is 27.9 Å². The van der Waals surface area contributed by atoms with E-state index in [9.17, 15) is 4.79 Å². The molecule has 6 heteroatoms. The van der Waals surface area contributed by atoms with E-state index >= 15 is 0 Å². The summed E-state index contributed by atoms with van der Waals surface area (Å²) in [6, 6.07) is 1.91. The summed E-state index contributed by atoms with van der Waals surface area (Å²) in [6.07, 6.45) is 0.355. The molecule has 1 unspecified atom stereocenters. The Morgan fingerprint density at radius 2 is 2.29 bits per heavy atom. The van der Waals surface area contributed by atoms with Gasteiger partial charge in [-0.2, -0.15) is 0 Å². The lowest BCUT2D eigenvalue weighted by atomic mass is 10.2. The highest BCUT2D eigenvalue weighted by atomic mass is 35.5. The van der Waals surface area contributed by atoms with E-state index < -0.39 is 0 Å². The highest BCUT2D eigenvalue weighted by molar-refractivity contribution is 7.20. The third kappa shape index (κ3) is 4.84. The Hall–Kier alpha value is -0.290. The summed E-state index contributed by atoms with van der Waals surface area (Å²) in [6.45, 7) is 4.75. The molecule has 0 aliphatic rings. The van der Waals surface area contributed by atoms with Crippen LogP contribution in [0.4, 0.5) is 0 Å². The lowest BCUT2D eigenvalue weighted by molar-refractivity contribution is -0.142. The maximum atomic E-state index is 11.1. The zero-order valence-electron chi connectivity index (χ0n) is 9.76. The molecule has 0 spiro atoms. The van der Waals surface area contributed by atoms with Crippen LogP contribution in [0.1, 0.15) is 31.9 Å². The molecule has 0 aromatic carbocycles. The summed E-state index contributed by atoms with van der Waals surface area (Å²) in [4.78, 5) is 11.1. The summed E-state index contributed by atoms with van der Waals surface area (Å²) in [7, 11) is 0. The molecule has 0 amide bonds. The van der Waals surface area contributed by atoms with Gasteiger partial charge in [0.2, 0.25) is 0 Å². The lowest BCUT2D eigenvalue weighted by Crippen LogP contribution is -2.22. The van der Waals surface area contributed by atoms with Crippen molar-refractivity contribution in [2.24, 2.45) is 0 Å². The molecule has 1 N–H and O–H groups in total. The fourth-order valence-corrected chi connectivity index (χ4v) is 3.03. The first kappa shape index (κ1) is 14.8. The Morgan fingerprint density at radius 1 is 1.59 bits per heavy atom. The van der Waals surface area contributed by atoms with Crippen LogP contribution in [0.25, 0.3) is 0 Å². The third-order valence-corrected chi connectivity index (χ3v) is 3.75. The van der Waals surface area contributed by atoms with Crippen molar-refractivity contribution >= 4 is 40.5 Å². The fourth-order valence-electron chi connectivity index (χ4n) is 1.38. The van der Waals surface area contributed by atoms with Crippen molar-refractivity contribution in [3.63, 3.8) is 0 Å². The smallest absolute Gasteiger partial charge is 0.307 e. The summed E-state index contributed by atoms with van der Waals surface area (Å²) in [5, 5.41) is 3.21. The Labute approximate surface area is 115 Å². The minimum absolute atomic E-state index is 0.0701. The maximum Gasteiger partial charge on any atom is 0.307 e. The first-order chi connectivity index (χ1) is 8.04. The van der Waals surface area contributed by atoms with E-state index in [1.54, 1.807) is 6.92 Å². The number of carbonyl (C=O) groups is 1. The molecule has 0 radical (unpaired) electrons. The highest BCUT2D eigenvalue weighted by Crippen LogP contribution is 2.34. The average molecular weight is 296 g/mol. The molecule has 0 fully saturated rings. The predicted molar refractivity (Wildman–Crippen MR) is 72.0 cm³/mol. The van der Waals surface area contributed by atoms with Crippen LogP contribution in [0.3, 0.4) is 0 Å². The van der Waals surface area contributed by atoms with Crippen LogP contribution in [-0.2, 0) is 9.53 Å². The zero-order chi connectivity index (χ0) is 12.8. The number of hydrogen-bond acceptors (Lipinski definition) is 4. The van der Waals surface area contributed by atoms with Gasteiger partial charge in [-0.25, -0.2) is 0 Å². The molecule has 1 aromatic rings. The molecular formula is C11H15Cl2NO2S. The van der Waals surface area contributed by atoms with Crippen molar-refractivity contribution in [3.05, 3.63) is 20.3 Å². The molecule has 1 aromatic heterocycles. The molecule has 0 bridgehead atoms. The lowest BCUT2D eigenvalue weighted by Gasteiger charge is -2.12. The van der Waals surface area contributed by atoms with Crippen LogP contribution in [0.5, 0.6) is 0 Å². The Morgan fingerprint density at radius 3 is 2.82 bits per heavy atom. The topological polar surface area (TPSA) is 38.3 Å². The van der Waals surface area contributed by atoms with Crippen molar-refractivity contribution < 1.29 is 9.53 Å². The van der Waals surface area contributed by atoms with Crippen LogP contribution in [0.2, 0.25) is 8.67 Å². The van der Waals surface area contributed by atoms with Gasteiger partial charge in [0.1, 0.15) is 0 Å². The Balaban J connectivity index is 2.37. The minimum Gasteiger partial charge on any atom is -0.466 e. The first-order valence-electron chi connectivity index (χ1n) is 5.38. The van der Waals surface area contributed by atoms with Crippen LogP contribution < -0.4 is 5.32 Å². The summed E-state index contributed by atoms with van der Waals surface area (Å²) < 4.78 is 6.19. The number of nitrogens with one attached hydrogen (secondary N) is 1. The van der Waals surface area contributed by atoms with Gasteiger partial charge in [-0.3, -0.25) is 4.79 Å². The van der Waals surface area contributed by atoms with Gasteiger partial charge in [0.15, 0.2) is 0 Å². The molecule has 0 saturated heterocycles. The third-order valence-electron chi connectivity index (χ3n) is 2.23. The predicted octanol–water partition coefficient (Wildman–Crippen LogP) is 3.66. The summed E-state index contributed by atoms with van der Waals surface area (Å²) in [5.41, 5.74) is 0.963. The van der Waals surface area contributed by atoms with Crippen LogP contribution in [0, 0.1) is 0 Å². The van der Waals surface area contributed by atoms with E-state index in [0.717, 1.165) is 5.56 Å². The van der Waals surface area contributed by atoms with Gasteiger partial charge < -0.3 is 10.1 Å². The zero-order valence-corrected chi connectivity index (χ0v) is 12.1. The van der Waals surface area contributed by atoms with E-state index in [2.05, 4.69) is 5.32 Å². The van der Waals surface area contributed by atoms with Crippen molar-refractivity contribution in [2.45, 2.75) is 26.3 Å². The molecular weight excluding hydrogens is 281 g/mol. The molecule has 0 aliphatic heterocycles. The molecule has 1 rings (SSSR count). The van der Waals surface area contributed by atoms with Gasteiger partial charge in [0.25, 0.3) is 0 Å². The number of thiophene rings is 1. The quantitative estimate of drug-likeness (QED) is 0.814. The second-order valence-electron chi connectivity index (χ2n) is 3.51. The molecule has 0 aliphatic carbocycles. The van der Waals surface area contributed by atoms with E-state index in [1.807, 2.05) is 13.0 Å². The van der Waals surface area contributed by atoms with Crippen LogP contribution in [-0.4, -0.2) is 19.1 Å². The Kier molecular flexibility index (Phi) is 6.27. The second kappa shape index (κ2) is 7.21. The summed E-state index contributed by atoms with van der Waals surface area (Å²) in [5.74, 6) is -0.193. The Bertz CT molecular complexity index is 382. The monoisotopic (exact) mass is 295 g/mol.